The fourth-order valence-corrected chi connectivity index (χ4v) is 1.97. The molecule has 3 heteroatoms. The number of methoxy groups -OCH3 is 1. The Morgan fingerprint density at radius 2 is 1.58 bits per heavy atom. The van der Waals surface area contributed by atoms with Crippen LogP contribution in [0.2, 0.25) is 0 Å². The summed E-state index contributed by atoms with van der Waals surface area (Å²) in [5.41, 5.74) is 1.55. The van der Waals surface area contributed by atoms with E-state index in [-0.39, 0.29) is 0 Å². The maximum atomic E-state index is 8.70. The molecule has 2 nitrogen and oxygen atoms in total. The lowest BCUT2D eigenvalue weighted by Crippen LogP contribution is -1.80. The predicted octanol–water partition coefficient (Wildman–Crippen LogP) is 3.67. The number of benzene rings is 2. The van der Waals surface area contributed by atoms with E-state index in [1.807, 2.05) is 36.4 Å². The van der Waals surface area contributed by atoms with Crippen molar-refractivity contribution in [2.45, 2.75) is 4.90 Å². The van der Waals surface area contributed by atoms with Gasteiger partial charge >= 0.3 is 0 Å². The summed E-state index contributed by atoms with van der Waals surface area (Å²) in [5.74, 6) is 3.88. The van der Waals surface area contributed by atoms with Crippen molar-refractivity contribution < 1.29 is 4.74 Å². The van der Waals surface area contributed by atoms with E-state index in [0.29, 0.717) is 5.56 Å². The number of hydrogen-bond donors (Lipinski definition) is 0. The van der Waals surface area contributed by atoms with Crippen molar-refractivity contribution in [1.82, 2.24) is 0 Å². The quantitative estimate of drug-likeness (QED) is 0.613. The highest BCUT2D eigenvalue weighted by atomic mass is 32.2. The third-order valence-electron chi connectivity index (χ3n) is 2.44. The third-order valence-corrected chi connectivity index (χ3v) is 3.15. The number of hydrogen-bond acceptors (Lipinski definition) is 3. The van der Waals surface area contributed by atoms with Crippen LogP contribution >= 0.6 is 11.8 Å². The summed E-state index contributed by atoms with van der Waals surface area (Å²) in [6, 6.07) is 17.1. The average Bonchev–Trinajstić information content (AvgIpc) is 2.49. The monoisotopic (exact) mass is 265 g/mol. The zero-order valence-electron chi connectivity index (χ0n) is 10.4. The SMILES string of the molecule is COc1ccc(SC#Cc2ccc(C#N)cc2)cc1. The van der Waals surface area contributed by atoms with Gasteiger partial charge in [-0.15, -0.1) is 0 Å². The van der Waals surface area contributed by atoms with E-state index in [2.05, 4.69) is 17.2 Å². The fraction of sp³-hybridized carbons (Fsp3) is 0.0625. The lowest BCUT2D eigenvalue weighted by molar-refractivity contribution is 0.414. The van der Waals surface area contributed by atoms with E-state index < -0.39 is 0 Å². The topological polar surface area (TPSA) is 33.0 Å². The predicted molar refractivity (Wildman–Crippen MR) is 76.9 cm³/mol. The minimum Gasteiger partial charge on any atom is -0.497 e. The molecule has 2 aromatic rings. The van der Waals surface area contributed by atoms with E-state index in [4.69, 9.17) is 10.00 Å². The second kappa shape index (κ2) is 6.54. The molecule has 2 rings (SSSR count). The summed E-state index contributed by atoms with van der Waals surface area (Å²) < 4.78 is 5.09. The highest BCUT2D eigenvalue weighted by molar-refractivity contribution is 8.03. The first-order chi connectivity index (χ1) is 9.31. The van der Waals surface area contributed by atoms with Gasteiger partial charge in [0, 0.05) is 10.5 Å². The molecule has 0 spiro atoms. The Balaban J connectivity index is 2.01. The van der Waals surface area contributed by atoms with E-state index in [1.54, 1.807) is 19.2 Å². The molecule has 0 aliphatic heterocycles. The van der Waals surface area contributed by atoms with Crippen LogP contribution < -0.4 is 4.74 Å². The number of nitriles is 1. The van der Waals surface area contributed by atoms with Crippen LogP contribution in [0.3, 0.4) is 0 Å². The molecule has 92 valence electrons. The van der Waals surface area contributed by atoms with Crippen LogP contribution in [0.1, 0.15) is 11.1 Å². The van der Waals surface area contributed by atoms with Gasteiger partial charge in [0.15, 0.2) is 0 Å². The molecule has 0 amide bonds. The molecule has 0 saturated heterocycles. The number of ether oxygens (including phenoxy) is 1. The fourth-order valence-electron chi connectivity index (χ4n) is 1.42. The summed E-state index contributed by atoms with van der Waals surface area (Å²) in [7, 11) is 1.65. The van der Waals surface area contributed by atoms with Crippen molar-refractivity contribution in [2.75, 3.05) is 7.11 Å². The van der Waals surface area contributed by atoms with Gasteiger partial charge in [-0.2, -0.15) is 5.26 Å². The highest BCUT2D eigenvalue weighted by Gasteiger charge is 1.93. The summed E-state index contributed by atoms with van der Waals surface area (Å²) >= 11 is 1.46. The van der Waals surface area contributed by atoms with Crippen LogP contribution in [0.4, 0.5) is 0 Å². The largest absolute Gasteiger partial charge is 0.497 e. The molecule has 0 aliphatic rings. The smallest absolute Gasteiger partial charge is 0.118 e. The van der Waals surface area contributed by atoms with Crippen molar-refractivity contribution in [1.29, 1.82) is 5.26 Å². The van der Waals surface area contributed by atoms with Gasteiger partial charge in [0.05, 0.1) is 18.7 Å². The first kappa shape index (κ1) is 13.1. The zero-order valence-corrected chi connectivity index (χ0v) is 11.2. The van der Waals surface area contributed by atoms with Crippen LogP contribution in [-0.4, -0.2) is 7.11 Å². The first-order valence-electron chi connectivity index (χ1n) is 5.64. The Kier molecular flexibility index (Phi) is 4.50. The molecule has 0 saturated carbocycles. The Hall–Kier alpha value is -2.36. The van der Waals surface area contributed by atoms with E-state index in [1.165, 1.54) is 11.8 Å². The third kappa shape index (κ3) is 3.81. The maximum Gasteiger partial charge on any atom is 0.118 e. The Labute approximate surface area is 117 Å². The minimum atomic E-state index is 0.647. The number of rotatable bonds is 2. The van der Waals surface area contributed by atoms with Crippen LogP contribution in [0.5, 0.6) is 5.75 Å². The molecular weight excluding hydrogens is 254 g/mol. The lowest BCUT2D eigenvalue weighted by Gasteiger charge is -1.98. The Morgan fingerprint density at radius 3 is 2.16 bits per heavy atom. The molecule has 0 aromatic heterocycles. The van der Waals surface area contributed by atoms with Crippen LogP contribution in [-0.2, 0) is 0 Å². The molecule has 0 heterocycles. The second-order valence-corrected chi connectivity index (χ2v) is 4.57. The van der Waals surface area contributed by atoms with Gasteiger partial charge in [0.25, 0.3) is 0 Å². The molecule has 0 atom stereocenters. The summed E-state index contributed by atoms with van der Waals surface area (Å²) in [5, 5.41) is 11.7. The van der Waals surface area contributed by atoms with Gasteiger partial charge in [-0.05, 0) is 65.5 Å². The molecule has 2 aromatic carbocycles. The Morgan fingerprint density at radius 1 is 0.947 bits per heavy atom. The molecule has 0 bridgehead atoms. The van der Waals surface area contributed by atoms with Gasteiger partial charge in [-0.1, -0.05) is 5.92 Å². The normalized spacial score (nSPS) is 9.05. The highest BCUT2D eigenvalue weighted by Crippen LogP contribution is 2.20. The molecule has 0 unspecified atom stereocenters. The van der Waals surface area contributed by atoms with E-state index in [9.17, 15) is 0 Å². The standard InChI is InChI=1S/C16H11NOS/c1-18-15-6-8-16(9-7-15)19-11-10-13-2-4-14(12-17)5-3-13/h2-9H,1H3. The van der Waals surface area contributed by atoms with Gasteiger partial charge in [0.1, 0.15) is 5.75 Å². The van der Waals surface area contributed by atoms with Gasteiger partial charge in [-0.3, -0.25) is 0 Å². The van der Waals surface area contributed by atoms with Crippen molar-refractivity contribution in [3.63, 3.8) is 0 Å². The number of thioether (sulfide) groups is 1. The molecular formula is C16H11NOS. The van der Waals surface area contributed by atoms with Gasteiger partial charge < -0.3 is 4.74 Å². The summed E-state index contributed by atoms with van der Waals surface area (Å²) in [6.07, 6.45) is 0. The molecule has 19 heavy (non-hydrogen) atoms. The van der Waals surface area contributed by atoms with Crippen LogP contribution in [0.15, 0.2) is 53.4 Å². The maximum absolute atomic E-state index is 8.70. The lowest BCUT2D eigenvalue weighted by atomic mass is 10.2. The van der Waals surface area contributed by atoms with Crippen molar-refractivity contribution >= 4 is 11.8 Å². The van der Waals surface area contributed by atoms with Gasteiger partial charge in [-0.25, -0.2) is 0 Å². The minimum absolute atomic E-state index is 0.647. The molecule has 0 N–H and O–H groups in total. The molecule has 0 aliphatic carbocycles. The van der Waals surface area contributed by atoms with Crippen molar-refractivity contribution in [3.8, 4) is 23.0 Å². The van der Waals surface area contributed by atoms with Crippen LogP contribution in [0, 0.1) is 22.5 Å². The average molecular weight is 265 g/mol. The van der Waals surface area contributed by atoms with Crippen molar-refractivity contribution in [3.05, 3.63) is 59.7 Å². The summed E-state index contributed by atoms with van der Waals surface area (Å²) in [6.45, 7) is 0. The van der Waals surface area contributed by atoms with Crippen LogP contribution in [0.25, 0.3) is 0 Å². The molecule has 0 radical (unpaired) electrons. The second-order valence-electron chi connectivity index (χ2n) is 3.69. The zero-order chi connectivity index (χ0) is 13.5. The van der Waals surface area contributed by atoms with Gasteiger partial charge in [0.2, 0.25) is 0 Å². The Bertz CT molecular complexity index is 642. The molecule has 0 fully saturated rings. The van der Waals surface area contributed by atoms with E-state index in [0.717, 1.165) is 16.2 Å². The number of nitrogens with zero attached hydrogens (tertiary/aromatic N) is 1. The van der Waals surface area contributed by atoms with E-state index >= 15 is 0 Å². The summed E-state index contributed by atoms with van der Waals surface area (Å²) in [4.78, 5) is 1.07. The first-order valence-corrected chi connectivity index (χ1v) is 6.45. The van der Waals surface area contributed by atoms with Crippen molar-refractivity contribution in [2.24, 2.45) is 0 Å².